The maximum atomic E-state index is 10.3. The van der Waals surface area contributed by atoms with Gasteiger partial charge >= 0.3 is 6.03 Å². The predicted octanol–water partition coefficient (Wildman–Crippen LogP) is -1.62. The molecule has 0 fully saturated rings. The molecule has 0 aromatic carbocycles. The molecule has 0 spiro atoms. The lowest BCUT2D eigenvalue weighted by Crippen LogP contribution is -2.45. The van der Waals surface area contributed by atoms with Crippen LogP contribution in [0.15, 0.2) is 0 Å². The maximum absolute atomic E-state index is 10.3. The van der Waals surface area contributed by atoms with Crippen molar-refractivity contribution >= 4 is 16.1 Å². The monoisotopic (exact) mass is 167 g/mol. The van der Waals surface area contributed by atoms with Crippen molar-refractivity contribution in [3.63, 3.8) is 0 Å². The smallest absolute Gasteiger partial charge is 0.329 e. The van der Waals surface area contributed by atoms with E-state index in [9.17, 15) is 13.2 Å². The van der Waals surface area contributed by atoms with Crippen LogP contribution in [-0.2, 0) is 10.0 Å². The third kappa shape index (κ3) is 5.32. The average molecular weight is 167 g/mol. The number of hydrogen-bond donors (Lipinski definition) is 3. The Labute approximate surface area is 59.0 Å². The molecule has 6 nitrogen and oxygen atoms in total. The Bertz CT molecular complexity index is 209. The number of sulfonamides is 1. The summed E-state index contributed by atoms with van der Waals surface area (Å²) >= 11 is 0. The first-order valence-electron chi connectivity index (χ1n) is 2.40. The van der Waals surface area contributed by atoms with Crippen molar-refractivity contribution in [3.8, 4) is 0 Å². The van der Waals surface area contributed by atoms with Crippen molar-refractivity contribution in [2.24, 2.45) is 0 Å². The van der Waals surface area contributed by atoms with Crippen molar-refractivity contribution in [2.75, 3.05) is 13.3 Å². The lowest BCUT2D eigenvalue weighted by Gasteiger charge is -2.02. The molecular weight excluding hydrogens is 158 g/mol. The number of amides is 2. The summed E-state index contributed by atoms with van der Waals surface area (Å²) in [7, 11) is -1.98. The first kappa shape index (κ1) is 9.18. The molecule has 0 bridgehead atoms. The number of hydrogen-bond acceptors (Lipinski definition) is 3. The summed E-state index contributed by atoms with van der Waals surface area (Å²) in [6.45, 7) is 0. The second kappa shape index (κ2) is 3.37. The molecule has 0 unspecified atom stereocenters. The molecule has 0 heterocycles. The normalized spacial score (nSPS) is 10.6. The molecule has 0 aliphatic carbocycles. The molecule has 0 aliphatic rings. The first-order chi connectivity index (χ1) is 4.45. The van der Waals surface area contributed by atoms with E-state index in [1.165, 1.54) is 7.05 Å². The lowest BCUT2D eigenvalue weighted by molar-refractivity contribution is 0.241. The number of hydrazine groups is 1. The van der Waals surface area contributed by atoms with Crippen molar-refractivity contribution in [1.29, 1.82) is 0 Å². The van der Waals surface area contributed by atoms with Crippen LogP contribution < -0.4 is 15.6 Å². The fourth-order valence-electron chi connectivity index (χ4n) is 0.202. The van der Waals surface area contributed by atoms with Gasteiger partial charge in [0.25, 0.3) is 0 Å². The van der Waals surface area contributed by atoms with Gasteiger partial charge in [0.05, 0.1) is 6.26 Å². The van der Waals surface area contributed by atoms with E-state index in [-0.39, 0.29) is 0 Å². The second-order valence-electron chi connectivity index (χ2n) is 1.58. The van der Waals surface area contributed by atoms with Crippen LogP contribution in [0, 0.1) is 0 Å². The number of nitrogens with one attached hydrogen (secondary N) is 3. The topological polar surface area (TPSA) is 87.3 Å². The van der Waals surface area contributed by atoms with Crippen LogP contribution in [0.1, 0.15) is 0 Å². The van der Waals surface area contributed by atoms with E-state index in [1.807, 2.05) is 5.43 Å². The fourth-order valence-corrected chi connectivity index (χ4v) is 0.480. The minimum Gasteiger partial charge on any atom is -0.340 e. The van der Waals surface area contributed by atoms with Gasteiger partial charge in [-0.1, -0.05) is 0 Å². The van der Waals surface area contributed by atoms with Crippen molar-refractivity contribution in [2.45, 2.75) is 0 Å². The zero-order valence-corrected chi connectivity index (χ0v) is 6.45. The Morgan fingerprint density at radius 3 is 2.20 bits per heavy atom. The molecule has 2 amide bonds. The highest BCUT2D eigenvalue weighted by atomic mass is 32.2. The first-order valence-corrected chi connectivity index (χ1v) is 4.29. The summed E-state index contributed by atoms with van der Waals surface area (Å²) in [6, 6.07) is -0.606. The minimum absolute atomic E-state index is 0.606. The Hall–Kier alpha value is -0.820. The number of urea groups is 1. The Morgan fingerprint density at radius 1 is 1.40 bits per heavy atom. The third-order valence-electron chi connectivity index (χ3n) is 0.577. The molecule has 0 aromatic heterocycles. The molecular formula is C3H9N3O3S. The van der Waals surface area contributed by atoms with Gasteiger partial charge in [-0.05, 0) is 0 Å². The van der Waals surface area contributed by atoms with E-state index in [0.717, 1.165) is 6.26 Å². The number of carbonyl (C=O) groups excluding carboxylic acids is 1. The molecule has 0 rings (SSSR count). The highest BCUT2D eigenvalue weighted by Crippen LogP contribution is 1.66. The van der Waals surface area contributed by atoms with Gasteiger partial charge in [0.15, 0.2) is 0 Å². The van der Waals surface area contributed by atoms with Crippen molar-refractivity contribution in [1.82, 2.24) is 15.6 Å². The van der Waals surface area contributed by atoms with Crippen LogP contribution in [0.4, 0.5) is 4.79 Å². The van der Waals surface area contributed by atoms with E-state index >= 15 is 0 Å². The Balaban J connectivity index is 3.67. The van der Waals surface area contributed by atoms with Crippen LogP contribution in [0.2, 0.25) is 0 Å². The van der Waals surface area contributed by atoms with E-state index in [4.69, 9.17) is 0 Å². The summed E-state index contributed by atoms with van der Waals surface area (Å²) in [5, 5.41) is 2.16. The standard InChI is InChI=1S/C3H9N3O3S/c1-4-3(7)5-6-10(2,8)9/h6H,1-2H3,(H2,4,5,7). The summed E-state index contributed by atoms with van der Waals surface area (Å²) in [6.07, 6.45) is 0.933. The molecule has 0 radical (unpaired) electrons. The molecule has 0 saturated heterocycles. The van der Waals surface area contributed by atoms with Gasteiger partial charge < -0.3 is 5.32 Å². The maximum Gasteiger partial charge on any atom is 0.329 e. The SMILES string of the molecule is CNC(=O)NNS(C)(=O)=O. The summed E-state index contributed by atoms with van der Waals surface area (Å²) < 4.78 is 20.6. The van der Waals surface area contributed by atoms with E-state index in [1.54, 1.807) is 4.83 Å². The summed E-state index contributed by atoms with van der Waals surface area (Å²) in [5.41, 5.74) is 1.88. The van der Waals surface area contributed by atoms with Crippen LogP contribution in [0.3, 0.4) is 0 Å². The van der Waals surface area contributed by atoms with E-state index in [0.29, 0.717) is 0 Å². The number of rotatable bonds is 2. The Morgan fingerprint density at radius 2 is 1.90 bits per heavy atom. The van der Waals surface area contributed by atoms with Gasteiger partial charge in [-0.25, -0.2) is 13.2 Å². The van der Waals surface area contributed by atoms with Crippen LogP contribution in [-0.4, -0.2) is 27.8 Å². The highest BCUT2D eigenvalue weighted by molar-refractivity contribution is 7.88. The average Bonchev–Trinajstić information content (AvgIpc) is 1.81. The van der Waals surface area contributed by atoms with Crippen LogP contribution in [0.5, 0.6) is 0 Å². The predicted molar refractivity (Wildman–Crippen MR) is 35.6 cm³/mol. The van der Waals surface area contributed by atoms with Crippen LogP contribution in [0.25, 0.3) is 0 Å². The van der Waals surface area contributed by atoms with Crippen LogP contribution >= 0.6 is 0 Å². The third-order valence-corrected chi connectivity index (χ3v) is 1.05. The Kier molecular flexibility index (Phi) is 3.10. The molecule has 7 heteroatoms. The van der Waals surface area contributed by atoms with Crippen molar-refractivity contribution < 1.29 is 13.2 Å². The second-order valence-corrected chi connectivity index (χ2v) is 3.33. The molecule has 0 aliphatic heterocycles. The summed E-state index contributed by atoms with van der Waals surface area (Å²) in [4.78, 5) is 12.1. The summed E-state index contributed by atoms with van der Waals surface area (Å²) in [5.74, 6) is 0. The van der Waals surface area contributed by atoms with Gasteiger partial charge in [0.2, 0.25) is 10.0 Å². The van der Waals surface area contributed by atoms with Gasteiger partial charge in [0.1, 0.15) is 0 Å². The number of carbonyl (C=O) groups is 1. The van der Waals surface area contributed by atoms with Gasteiger partial charge in [-0.2, -0.15) is 0 Å². The molecule has 60 valence electrons. The van der Waals surface area contributed by atoms with Gasteiger partial charge in [-0.3, -0.25) is 5.43 Å². The quantitative estimate of drug-likeness (QED) is 0.432. The molecule has 0 saturated carbocycles. The fraction of sp³-hybridized carbons (Fsp3) is 0.667. The lowest BCUT2D eigenvalue weighted by atomic mass is 11.0. The minimum atomic E-state index is -3.35. The molecule has 10 heavy (non-hydrogen) atoms. The van der Waals surface area contributed by atoms with Gasteiger partial charge in [-0.15, -0.1) is 4.83 Å². The van der Waals surface area contributed by atoms with Gasteiger partial charge in [0, 0.05) is 7.05 Å². The van der Waals surface area contributed by atoms with E-state index < -0.39 is 16.1 Å². The zero-order valence-electron chi connectivity index (χ0n) is 5.63. The molecule has 0 atom stereocenters. The van der Waals surface area contributed by atoms with Crippen molar-refractivity contribution in [3.05, 3.63) is 0 Å². The largest absolute Gasteiger partial charge is 0.340 e. The zero-order chi connectivity index (χ0) is 8.20. The molecule has 0 aromatic rings. The highest BCUT2D eigenvalue weighted by Gasteiger charge is 2.00. The molecule has 3 N–H and O–H groups in total. The van der Waals surface area contributed by atoms with E-state index in [2.05, 4.69) is 5.32 Å².